The zero-order valence-electron chi connectivity index (χ0n) is 30.8. The second-order valence-electron chi connectivity index (χ2n) is 12.9. The highest BCUT2D eigenvalue weighted by Crippen LogP contribution is 2.12. The summed E-state index contributed by atoms with van der Waals surface area (Å²) in [6.07, 6.45) is 12.5. The van der Waals surface area contributed by atoms with Crippen molar-refractivity contribution in [2.45, 2.75) is 147 Å². The van der Waals surface area contributed by atoms with Crippen molar-refractivity contribution in [3.05, 3.63) is 0 Å². The molecule has 4 amide bonds. The molecule has 0 spiro atoms. The lowest BCUT2D eigenvalue weighted by Crippen LogP contribution is -2.46. The molecule has 0 aromatic carbocycles. The molecular formula is C35H72N8O4. The molecule has 0 aromatic rings. The Kier molecular flexibility index (Phi) is 29.5. The molecule has 0 saturated heterocycles. The van der Waals surface area contributed by atoms with Gasteiger partial charge in [0.15, 0.2) is 0 Å². The fraction of sp³-hybridized carbons (Fsp3) is 0.886. The Labute approximate surface area is 286 Å². The number of rotatable bonds is 32. The van der Waals surface area contributed by atoms with Gasteiger partial charge < -0.3 is 42.5 Å². The zero-order chi connectivity index (χ0) is 35.1. The fourth-order valence-electron chi connectivity index (χ4n) is 5.64. The number of amides is 4. The predicted molar refractivity (Wildman–Crippen MR) is 193 cm³/mol. The summed E-state index contributed by atoms with van der Waals surface area (Å²) in [5.74, 6) is -0.419. The van der Waals surface area contributed by atoms with Crippen molar-refractivity contribution in [1.29, 1.82) is 0 Å². The molecule has 0 rings (SSSR count). The Morgan fingerprint density at radius 3 is 1.13 bits per heavy atom. The first-order valence-electron chi connectivity index (χ1n) is 18.5. The van der Waals surface area contributed by atoms with Crippen molar-refractivity contribution in [1.82, 2.24) is 42.5 Å². The molecule has 276 valence electrons. The third-order valence-electron chi connectivity index (χ3n) is 8.40. The van der Waals surface area contributed by atoms with Crippen molar-refractivity contribution in [3.63, 3.8) is 0 Å². The summed E-state index contributed by atoms with van der Waals surface area (Å²) in [6.45, 7) is 7.40. The molecule has 8 N–H and O–H groups in total. The number of hydrogen-bond donors (Lipinski definition) is 8. The third kappa shape index (κ3) is 26.4. The second-order valence-corrected chi connectivity index (χ2v) is 12.9. The van der Waals surface area contributed by atoms with Gasteiger partial charge in [-0.15, -0.1) is 0 Å². The van der Waals surface area contributed by atoms with Crippen LogP contribution in [0, 0.1) is 0 Å². The van der Waals surface area contributed by atoms with Crippen molar-refractivity contribution in [2.24, 2.45) is 0 Å². The minimum atomic E-state index is -0.332. The first-order chi connectivity index (χ1) is 22.7. The Morgan fingerprint density at radius 2 is 0.787 bits per heavy atom. The Hall–Kier alpha value is -2.28. The zero-order valence-corrected chi connectivity index (χ0v) is 30.8. The summed E-state index contributed by atoms with van der Waals surface area (Å²) in [7, 11) is 7.63. The van der Waals surface area contributed by atoms with Gasteiger partial charge in [-0.1, -0.05) is 46.0 Å². The number of nitrogens with one attached hydrogen (secondary N) is 8. The van der Waals surface area contributed by atoms with Crippen molar-refractivity contribution in [3.8, 4) is 0 Å². The van der Waals surface area contributed by atoms with E-state index >= 15 is 0 Å². The smallest absolute Gasteiger partial charge is 0.222 e. The summed E-state index contributed by atoms with van der Waals surface area (Å²) < 4.78 is 0. The van der Waals surface area contributed by atoms with Gasteiger partial charge in [-0.2, -0.15) is 0 Å². The maximum atomic E-state index is 13.4. The van der Waals surface area contributed by atoms with Crippen LogP contribution in [0.2, 0.25) is 0 Å². The summed E-state index contributed by atoms with van der Waals surface area (Å²) in [5, 5.41) is 25.0. The van der Waals surface area contributed by atoms with E-state index < -0.39 is 0 Å². The lowest BCUT2D eigenvalue weighted by atomic mass is 10.0. The van der Waals surface area contributed by atoms with Gasteiger partial charge in [-0.25, -0.2) is 0 Å². The SMILES string of the molecule is CCCCC(CC(=O)NC(CCCCNC)CC(=O)NC(CCCCNC)CC(=O)NC(CCCCNC)CC(=O)NCCC)NC. The van der Waals surface area contributed by atoms with E-state index in [4.69, 9.17) is 0 Å². The van der Waals surface area contributed by atoms with Gasteiger partial charge in [-0.3, -0.25) is 19.2 Å². The lowest BCUT2D eigenvalue weighted by Gasteiger charge is -2.24. The molecule has 0 saturated carbocycles. The van der Waals surface area contributed by atoms with E-state index in [1.807, 2.05) is 35.1 Å². The highest BCUT2D eigenvalue weighted by atomic mass is 16.2. The van der Waals surface area contributed by atoms with Crippen LogP contribution >= 0.6 is 0 Å². The molecule has 4 unspecified atom stereocenters. The average Bonchev–Trinajstić information content (AvgIpc) is 3.04. The minimum Gasteiger partial charge on any atom is -0.356 e. The van der Waals surface area contributed by atoms with Crippen LogP contribution in [0.4, 0.5) is 0 Å². The summed E-state index contributed by atoms with van der Waals surface area (Å²) in [6, 6.07) is -0.751. The summed E-state index contributed by atoms with van der Waals surface area (Å²) in [4.78, 5) is 52.2. The van der Waals surface area contributed by atoms with E-state index in [0.29, 0.717) is 32.2 Å². The van der Waals surface area contributed by atoms with Gasteiger partial charge in [0.2, 0.25) is 23.6 Å². The highest BCUT2D eigenvalue weighted by molar-refractivity contribution is 5.82. The van der Waals surface area contributed by atoms with E-state index in [-0.39, 0.29) is 67.1 Å². The van der Waals surface area contributed by atoms with Crippen LogP contribution in [-0.4, -0.2) is 102 Å². The van der Waals surface area contributed by atoms with Crippen LogP contribution in [0.5, 0.6) is 0 Å². The van der Waals surface area contributed by atoms with Crippen LogP contribution in [0.25, 0.3) is 0 Å². The second kappa shape index (κ2) is 31.0. The molecule has 4 atom stereocenters. The van der Waals surface area contributed by atoms with Gasteiger partial charge >= 0.3 is 0 Å². The minimum absolute atomic E-state index is 0.0430. The van der Waals surface area contributed by atoms with Crippen LogP contribution in [-0.2, 0) is 19.2 Å². The van der Waals surface area contributed by atoms with Crippen molar-refractivity contribution < 1.29 is 19.2 Å². The van der Waals surface area contributed by atoms with E-state index in [1.165, 1.54) is 0 Å². The molecule has 0 heterocycles. The topological polar surface area (TPSA) is 165 Å². The summed E-state index contributed by atoms with van der Waals surface area (Å²) >= 11 is 0. The van der Waals surface area contributed by atoms with E-state index in [9.17, 15) is 19.2 Å². The quantitative estimate of drug-likeness (QED) is 0.0507. The van der Waals surface area contributed by atoms with E-state index in [1.54, 1.807) is 0 Å². The van der Waals surface area contributed by atoms with Gasteiger partial charge in [0.1, 0.15) is 0 Å². The molecule has 0 aliphatic carbocycles. The molecule has 0 aromatic heterocycles. The third-order valence-corrected chi connectivity index (χ3v) is 8.40. The van der Waals surface area contributed by atoms with Gasteiger partial charge in [0, 0.05) is 56.4 Å². The maximum absolute atomic E-state index is 13.4. The Morgan fingerprint density at radius 1 is 0.426 bits per heavy atom. The predicted octanol–water partition coefficient (Wildman–Crippen LogP) is 2.47. The molecule has 0 fully saturated rings. The monoisotopic (exact) mass is 669 g/mol. The normalized spacial score (nSPS) is 13.7. The molecule has 47 heavy (non-hydrogen) atoms. The van der Waals surface area contributed by atoms with Gasteiger partial charge in [-0.05, 0) is 99.2 Å². The van der Waals surface area contributed by atoms with Crippen LogP contribution in [0.1, 0.15) is 123 Å². The molecule has 0 radical (unpaired) electrons. The summed E-state index contributed by atoms with van der Waals surface area (Å²) in [5.41, 5.74) is 0. The first-order valence-corrected chi connectivity index (χ1v) is 18.5. The van der Waals surface area contributed by atoms with Crippen LogP contribution in [0.3, 0.4) is 0 Å². The lowest BCUT2D eigenvalue weighted by molar-refractivity contribution is -0.124. The Balaban J connectivity index is 5.48. The number of unbranched alkanes of at least 4 members (excludes halogenated alkanes) is 4. The number of carbonyl (C=O) groups is 4. The number of carbonyl (C=O) groups excluding carboxylic acids is 4. The molecule has 12 heteroatoms. The molecular weight excluding hydrogens is 596 g/mol. The number of hydrogen-bond acceptors (Lipinski definition) is 8. The van der Waals surface area contributed by atoms with Gasteiger partial charge in [0.05, 0.1) is 0 Å². The van der Waals surface area contributed by atoms with E-state index in [0.717, 1.165) is 83.8 Å². The van der Waals surface area contributed by atoms with E-state index in [2.05, 4.69) is 49.5 Å². The van der Waals surface area contributed by atoms with Crippen LogP contribution in [0.15, 0.2) is 0 Å². The standard InChI is InChI=1S/C35H72N8O4/c1-7-9-16-28(39-6)24-33(45)42-30(18-11-14-22-37-4)26-35(47)43-31(19-12-15-23-38-5)27-34(46)41-29(17-10-13-21-36-3)25-32(44)40-20-8-2/h28-31,36-39H,7-27H2,1-6H3,(H,40,44)(H,41,46)(H,42,45)(H,43,47). The molecule has 12 nitrogen and oxygen atoms in total. The largest absolute Gasteiger partial charge is 0.356 e. The highest BCUT2D eigenvalue weighted by Gasteiger charge is 2.23. The molecule has 0 bridgehead atoms. The maximum Gasteiger partial charge on any atom is 0.222 e. The fourth-order valence-corrected chi connectivity index (χ4v) is 5.64. The average molecular weight is 669 g/mol. The van der Waals surface area contributed by atoms with Crippen molar-refractivity contribution >= 4 is 23.6 Å². The molecule has 0 aliphatic heterocycles. The molecule has 0 aliphatic rings. The van der Waals surface area contributed by atoms with Gasteiger partial charge in [0.25, 0.3) is 0 Å². The Bertz CT molecular complexity index is 816. The first kappa shape index (κ1) is 44.7. The van der Waals surface area contributed by atoms with Crippen molar-refractivity contribution in [2.75, 3.05) is 54.4 Å². The van der Waals surface area contributed by atoms with Crippen LogP contribution < -0.4 is 42.5 Å².